The fraction of sp³-hybridized carbons (Fsp3) is 0.480. The molecule has 6 nitrogen and oxygen atoms in total. The molecule has 2 aromatic carbocycles. The van der Waals surface area contributed by atoms with Crippen LogP contribution in [0.1, 0.15) is 41.3 Å². The van der Waals surface area contributed by atoms with Gasteiger partial charge in [-0.2, -0.15) is 0 Å². The average molecular weight is 426 g/mol. The van der Waals surface area contributed by atoms with E-state index >= 15 is 0 Å². The minimum absolute atomic E-state index is 0.122. The van der Waals surface area contributed by atoms with Crippen LogP contribution in [-0.2, 0) is 13.1 Å². The number of amides is 1. The summed E-state index contributed by atoms with van der Waals surface area (Å²) in [5.74, 6) is 1.13. The lowest BCUT2D eigenvalue weighted by Crippen LogP contribution is -2.43. The van der Waals surface area contributed by atoms with Gasteiger partial charge in [-0.05, 0) is 42.8 Å². The lowest BCUT2D eigenvalue weighted by molar-refractivity contribution is 0.0950. The van der Waals surface area contributed by atoms with Gasteiger partial charge in [0.2, 0.25) is 0 Å². The van der Waals surface area contributed by atoms with E-state index in [2.05, 4.69) is 53.4 Å². The molecule has 2 aromatic rings. The van der Waals surface area contributed by atoms with Gasteiger partial charge in [0.25, 0.3) is 5.91 Å². The minimum atomic E-state index is -0.122. The third-order valence-corrected chi connectivity index (χ3v) is 5.63. The number of unbranched alkanes of at least 4 members (excludes halogenated alkanes) is 1. The van der Waals surface area contributed by atoms with Gasteiger partial charge in [0, 0.05) is 44.8 Å². The largest absolute Gasteiger partial charge is 0.493 e. The highest BCUT2D eigenvalue weighted by molar-refractivity contribution is 5.94. The van der Waals surface area contributed by atoms with Crippen molar-refractivity contribution in [1.82, 2.24) is 15.1 Å². The molecule has 3 rings (SSSR count). The SMILES string of the molecule is CCCCOc1ccc(C(=O)NCc2cccc(CN3CCN(C)CC3)c2)cc1OC. The number of likely N-dealkylation sites (N-methyl/N-ethyl adjacent to an activating group) is 1. The van der Waals surface area contributed by atoms with Gasteiger partial charge in [-0.15, -0.1) is 0 Å². The molecule has 31 heavy (non-hydrogen) atoms. The number of ether oxygens (including phenoxy) is 2. The molecule has 168 valence electrons. The van der Waals surface area contributed by atoms with Gasteiger partial charge in [-0.1, -0.05) is 37.6 Å². The molecule has 0 unspecified atom stereocenters. The molecule has 0 atom stereocenters. The van der Waals surface area contributed by atoms with E-state index in [0.717, 1.165) is 51.1 Å². The number of hydrogen-bond acceptors (Lipinski definition) is 5. The predicted octanol–water partition coefficient (Wildman–Crippen LogP) is 3.55. The van der Waals surface area contributed by atoms with Crippen molar-refractivity contribution in [3.63, 3.8) is 0 Å². The summed E-state index contributed by atoms with van der Waals surface area (Å²) < 4.78 is 11.2. The Labute approximate surface area is 186 Å². The van der Waals surface area contributed by atoms with Crippen molar-refractivity contribution >= 4 is 5.91 Å². The molecule has 1 heterocycles. The van der Waals surface area contributed by atoms with Crippen molar-refractivity contribution in [2.45, 2.75) is 32.9 Å². The van der Waals surface area contributed by atoms with Crippen LogP contribution in [0.2, 0.25) is 0 Å². The van der Waals surface area contributed by atoms with Gasteiger partial charge in [-0.3, -0.25) is 9.69 Å². The Morgan fingerprint density at radius 2 is 1.81 bits per heavy atom. The number of carbonyl (C=O) groups excluding carboxylic acids is 1. The van der Waals surface area contributed by atoms with Crippen LogP contribution in [0.5, 0.6) is 11.5 Å². The standard InChI is InChI=1S/C25H35N3O3/c1-4-5-15-31-23-10-9-22(17-24(23)30-3)25(29)26-18-20-7-6-8-21(16-20)19-28-13-11-27(2)12-14-28/h6-10,16-17H,4-5,11-15,18-19H2,1-3H3,(H,26,29). The Morgan fingerprint density at radius 1 is 1.03 bits per heavy atom. The van der Waals surface area contributed by atoms with E-state index in [-0.39, 0.29) is 5.91 Å². The first-order valence-electron chi connectivity index (χ1n) is 11.2. The maximum atomic E-state index is 12.7. The van der Waals surface area contributed by atoms with Crippen LogP contribution >= 0.6 is 0 Å². The minimum Gasteiger partial charge on any atom is -0.493 e. The van der Waals surface area contributed by atoms with Crippen LogP contribution in [-0.4, -0.2) is 62.7 Å². The van der Waals surface area contributed by atoms with Crippen LogP contribution in [0.15, 0.2) is 42.5 Å². The number of carbonyl (C=O) groups is 1. The smallest absolute Gasteiger partial charge is 0.251 e. The zero-order valence-corrected chi connectivity index (χ0v) is 19.0. The Balaban J connectivity index is 1.55. The number of piperazine rings is 1. The molecule has 0 spiro atoms. The maximum absolute atomic E-state index is 12.7. The average Bonchev–Trinajstić information content (AvgIpc) is 2.79. The summed E-state index contributed by atoms with van der Waals surface area (Å²) in [4.78, 5) is 17.5. The van der Waals surface area contributed by atoms with Crippen LogP contribution in [0.4, 0.5) is 0 Å². The van der Waals surface area contributed by atoms with Crippen molar-refractivity contribution < 1.29 is 14.3 Å². The molecule has 1 fully saturated rings. The Kier molecular flexibility index (Phi) is 8.74. The lowest BCUT2D eigenvalue weighted by atomic mass is 10.1. The van der Waals surface area contributed by atoms with Crippen LogP contribution in [0, 0.1) is 0 Å². The van der Waals surface area contributed by atoms with Crippen LogP contribution < -0.4 is 14.8 Å². The summed E-state index contributed by atoms with van der Waals surface area (Å²) in [5, 5.41) is 3.02. The Morgan fingerprint density at radius 3 is 2.55 bits per heavy atom. The van der Waals surface area contributed by atoms with Gasteiger partial charge >= 0.3 is 0 Å². The first-order valence-corrected chi connectivity index (χ1v) is 11.2. The molecule has 1 aliphatic heterocycles. The number of nitrogens with one attached hydrogen (secondary N) is 1. The van der Waals surface area contributed by atoms with E-state index < -0.39 is 0 Å². The van der Waals surface area contributed by atoms with Gasteiger partial charge in [-0.25, -0.2) is 0 Å². The number of rotatable bonds is 10. The van der Waals surface area contributed by atoms with Gasteiger partial charge in [0.15, 0.2) is 11.5 Å². The number of methoxy groups -OCH3 is 1. The molecule has 0 bridgehead atoms. The molecule has 6 heteroatoms. The topological polar surface area (TPSA) is 54.0 Å². The second kappa shape index (κ2) is 11.7. The summed E-state index contributed by atoms with van der Waals surface area (Å²) in [6, 6.07) is 13.8. The third kappa shape index (κ3) is 6.97. The van der Waals surface area contributed by atoms with Crippen molar-refractivity contribution in [3.8, 4) is 11.5 Å². The van der Waals surface area contributed by atoms with Crippen LogP contribution in [0.3, 0.4) is 0 Å². The second-order valence-electron chi connectivity index (χ2n) is 8.15. The highest BCUT2D eigenvalue weighted by Crippen LogP contribution is 2.28. The first-order chi connectivity index (χ1) is 15.1. The van der Waals surface area contributed by atoms with Crippen LogP contribution in [0.25, 0.3) is 0 Å². The molecule has 0 aromatic heterocycles. The second-order valence-corrected chi connectivity index (χ2v) is 8.15. The van der Waals surface area contributed by atoms with Crippen molar-refractivity contribution in [2.75, 3.05) is 46.9 Å². The molecule has 1 N–H and O–H groups in total. The van der Waals surface area contributed by atoms with Gasteiger partial charge < -0.3 is 19.7 Å². The summed E-state index contributed by atoms with van der Waals surface area (Å²) in [6.07, 6.45) is 2.05. The van der Waals surface area contributed by atoms with Gasteiger partial charge in [0.1, 0.15) is 0 Å². The van der Waals surface area contributed by atoms with E-state index in [1.54, 1.807) is 25.3 Å². The van der Waals surface area contributed by atoms with Crippen molar-refractivity contribution in [3.05, 3.63) is 59.2 Å². The molecular formula is C25H35N3O3. The molecular weight excluding hydrogens is 390 g/mol. The zero-order chi connectivity index (χ0) is 22.1. The fourth-order valence-corrected chi connectivity index (χ4v) is 3.64. The number of nitrogens with zero attached hydrogens (tertiary/aromatic N) is 2. The molecule has 1 amide bonds. The van der Waals surface area contributed by atoms with E-state index in [1.165, 1.54) is 5.56 Å². The van der Waals surface area contributed by atoms with E-state index in [9.17, 15) is 4.79 Å². The molecule has 0 aliphatic carbocycles. The highest BCUT2D eigenvalue weighted by atomic mass is 16.5. The van der Waals surface area contributed by atoms with E-state index in [1.807, 2.05) is 0 Å². The molecule has 1 aliphatic rings. The highest BCUT2D eigenvalue weighted by Gasteiger charge is 2.14. The fourth-order valence-electron chi connectivity index (χ4n) is 3.64. The summed E-state index contributed by atoms with van der Waals surface area (Å²) in [7, 11) is 3.76. The number of hydrogen-bond donors (Lipinski definition) is 1. The Hall–Kier alpha value is -2.57. The lowest BCUT2D eigenvalue weighted by Gasteiger charge is -2.32. The monoisotopic (exact) mass is 425 g/mol. The predicted molar refractivity (Wildman–Crippen MR) is 124 cm³/mol. The van der Waals surface area contributed by atoms with E-state index in [0.29, 0.717) is 30.2 Å². The zero-order valence-electron chi connectivity index (χ0n) is 19.0. The number of benzene rings is 2. The molecule has 0 saturated carbocycles. The quantitative estimate of drug-likeness (QED) is 0.590. The third-order valence-electron chi connectivity index (χ3n) is 5.63. The van der Waals surface area contributed by atoms with Crippen molar-refractivity contribution in [1.29, 1.82) is 0 Å². The van der Waals surface area contributed by atoms with Gasteiger partial charge in [0.05, 0.1) is 13.7 Å². The molecule has 1 saturated heterocycles. The van der Waals surface area contributed by atoms with E-state index in [4.69, 9.17) is 9.47 Å². The normalized spacial score (nSPS) is 14.9. The molecule has 0 radical (unpaired) electrons. The first kappa shape index (κ1) is 23.1. The maximum Gasteiger partial charge on any atom is 0.251 e. The Bertz CT molecular complexity index is 848. The summed E-state index contributed by atoms with van der Waals surface area (Å²) in [5.41, 5.74) is 2.95. The summed E-state index contributed by atoms with van der Waals surface area (Å²) in [6.45, 7) is 8.62. The van der Waals surface area contributed by atoms with Crippen molar-refractivity contribution in [2.24, 2.45) is 0 Å². The summed E-state index contributed by atoms with van der Waals surface area (Å²) >= 11 is 0.